The number of carboxylic acid groups (broad SMARTS) is 1. The van der Waals surface area contributed by atoms with E-state index in [2.05, 4.69) is 5.32 Å². The van der Waals surface area contributed by atoms with Crippen LogP contribution in [0.5, 0.6) is 0 Å². The van der Waals surface area contributed by atoms with E-state index in [-0.39, 0.29) is 0 Å². The first kappa shape index (κ1) is 14.0. The van der Waals surface area contributed by atoms with Gasteiger partial charge in [-0.2, -0.15) is 0 Å². The number of carbonyl (C=O) groups is 2. The second-order valence-corrected chi connectivity index (χ2v) is 4.97. The molecule has 0 aromatic carbocycles. The van der Waals surface area contributed by atoms with Crippen LogP contribution in [-0.4, -0.2) is 22.5 Å². The number of carbonyl (C=O) groups excluding carboxylic acids is 1. The molecule has 4 nitrogen and oxygen atoms in total. The Kier molecular flexibility index (Phi) is 4.54. The summed E-state index contributed by atoms with van der Waals surface area (Å²) in [5.41, 5.74) is -1.22. The fourth-order valence-corrected chi connectivity index (χ4v) is 2.55. The third-order valence-corrected chi connectivity index (χ3v) is 4.13. The van der Waals surface area contributed by atoms with E-state index in [1.165, 1.54) is 11.3 Å². The van der Waals surface area contributed by atoms with Crippen LogP contribution >= 0.6 is 22.9 Å². The summed E-state index contributed by atoms with van der Waals surface area (Å²) in [6.45, 7) is 3.46. The van der Waals surface area contributed by atoms with Gasteiger partial charge in [-0.3, -0.25) is 4.79 Å². The minimum absolute atomic E-state index is 0.327. The molecule has 6 heteroatoms. The molecule has 0 aliphatic heterocycles. The average molecular weight is 276 g/mol. The lowest BCUT2D eigenvalue weighted by atomic mass is 9.93. The van der Waals surface area contributed by atoms with Crippen molar-refractivity contribution in [2.24, 2.45) is 0 Å². The number of carboxylic acids is 1. The van der Waals surface area contributed by atoms with Crippen molar-refractivity contribution in [3.8, 4) is 0 Å². The molecule has 1 aromatic heterocycles. The van der Waals surface area contributed by atoms with Gasteiger partial charge in [0.25, 0.3) is 5.91 Å². The predicted octanol–water partition coefficient (Wildman–Crippen LogP) is 2.77. The normalized spacial score (nSPS) is 11.2. The highest BCUT2D eigenvalue weighted by Gasteiger charge is 2.37. The molecule has 0 radical (unpaired) electrons. The molecular weight excluding hydrogens is 262 g/mol. The maximum absolute atomic E-state index is 11.9. The van der Waals surface area contributed by atoms with Crippen LogP contribution in [0, 0.1) is 0 Å². The van der Waals surface area contributed by atoms with Gasteiger partial charge in [0.2, 0.25) is 0 Å². The Morgan fingerprint density at radius 2 is 2.06 bits per heavy atom. The molecule has 0 fully saturated rings. The van der Waals surface area contributed by atoms with Crippen LogP contribution < -0.4 is 5.32 Å². The Morgan fingerprint density at radius 1 is 1.47 bits per heavy atom. The smallest absolute Gasteiger partial charge is 0.329 e. The highest BCUT2D eigenvalue weighted by Crippen LogP contribution is 2.24. The molecule has 0 saturated carbocycles. The maximum Gasteiger partial charge on any atom is 0.329 e. The number of hydrogen-bond acceptors (Lipinski definition) is 3. The highest BCUT2D eigenvalue weighted by molar-refractivity contribution is 7.12. The van der Waals surface area contributed by atoms with Crippen molar-refractivity contribution in [3.63, 3.8) is 0 Å². The molecule has 0 aliphatic rings. The largest absolute Gasteiger partial charge is 0.480 e. The Bertz CT molecular complexity index is 426. The van der Waals surface area contributed by atoms with E-state index >= 15 is 0 Å². The second-order valence-electron chi connectivity index (χ2n) is 3.65. The number of aliphatic carboxylic acids is 1. The van der Waals surface area contributed by atoms with E-state index in [0.29, 0.717) is 22.7 Å². The third kappa shape index (κ3) is 2.79. The summed E-state index contributed by atoms with van der Waals surface area (Å²) in [5, 5.41) is 13.8. The van der Waals surface area contributed by atoms with Crippen LogP contribution in [0.3, 0.4) is 0 Å². The molecule has 17 heavy (non-hydrogen) atoms. The maximum atomic E-state index is 11.9. The molecule has 0 bridgehead atoms. The van der Waals surface area contributed by atoms with Gasteiger partial charge in [-0.05, 0) is 24.3 Å². The average Bonchev–Trinajstić information content (AvgIpc) is 2.72. The van der Waals surface area contributed by atoms with Crippen molar-refractivity contribution in [1.82, 2.24) is 5.32 Å². The SMILES string of the molecule is CCC(CC)(NC(=O)c1sccc1Cl)C(=O)O. The fourth-order valence-electron chi connectivity index (χ4n) is 1.51. The number of halogens is 1. The summed E-state index contributed by atoms with van der Waals surface area (Å²) in [6, 6.07) is 1.61. The van der Waals surface area contributed by atoms with E-state index < -0.39 is 17.4 Å². The summed E-state index contributed by atoms with van der Waals surface area (Å²) in [4.78, 5) is 23.5. The summed E-state index contributed by atoms with van der Waals surface area (Å²) in [6.07, 6.45) is 0.654. The van der Waals surface area contributed by atoms with Gasteiger partial charge < -0.3 is 10.4 Å². The zero-order valence-corrected chi connectivity index (χ0v) is 11.2. The first-order valence-electron chi connectivity index (χ1n) is 5.25. The van der Waals surface area contributed by atoms with E-state index in [9.17, 15) is 14.7 Å². The van der Waals surface area contributed by atoms with Crippen molar-refractivity contribution >= 4 is 34.8 Å². The molecule has 1 heterocycles. The lowest BCUT2D eigenvalue weighted by molar-refractivity contribution is -0.144. The zero-order chi connectivity index (χ0) is 13.1. The Labute approximate surface area is 109 Å². The van der Waals surface area contributed by atoms with Gasteiger partial charge in [0.15, 0.2) is 0 Å². The number of rotatable bonds is 5. The van der Waals surface area contributed by atoms with Gasteiger partial charge in [0.05, 0.1) is 5.02 Å². The molecule has 0 atom stereocenters. The van der Waals surface area contributed by atoms with E-state index in [0.717, 1.165) is 0 Å². The summed E-state index contributed by atoms with van der Waals surface area (Å²) in [7, 11) is 0. The molecule has 94 valence electrons. The van der Waals surface area contributed by atoms with Crippen LogP contribution in [0.25, 0.3) is 0 Å². The molecule has 1 amide bonds. The molecule has 0 spiro atoms. The molecule has 0 saturated heterocycles. The molecule has 1 aromatic rings. The minimum atomic E-state index is -1.22. The first-order chi connectivity index (χ1) is 7.96. The van der Waals surface area contributed by atoms with Gasteiger partial charge in [-0.15, -0.1) is 11.3 Å². The zero-order valence-electron chi connectivity index (χ0n) is 9.62. The van der Waals surface area contributed by atoms with E-state index in [1.54, 1.807) is 25.3 Å². The topological polar surface area (TPSA) is 66.4 Å². The van der Waals surface area contributed by atoms with Crippen molar-refractivity contribution in [1.29, 1.82) is 0 Å². The van der Waals surface area contributed by atoms with Crippen molar-refractivity contribution in [2.75, 3.05) is 0 Å². The summed E-state index contributed by atoms with van der Waals surface area (Å²) < 4.78 is 0. The minimum Gasteiger partial charge on any atom is -0.480 e. The first-order valence-corrected chi connectivity index (χ1v) is 6.51. The Hall–Kier alpha value is -1.07. The Balaban J connectivity index is 2.93. The van der Waals surface area contributed by atoms with Crippen molar-refractivity contribution in [2.45, 2.75) is 32.2 Å². The second kappa shape index (κ2) is 5.51. The predicted molar refractivity (Wildman–Crippen MR) is 67.7 cm³/mol. The molecule has 2 N–H and O–H groups in total. The lowest BCUT2D eigenvalue weighted by Crippen LogP contribution is -2.53. The summed E-state index contributed by atoms with van der Waals surface area (Å²) >= 11 is 7.03. The molecular formula is C11H14ClNO3S. The van der Waals surface area contributed by atoms with Gasteiger partial charge in [-0.25, -0.2) is 4.79 Å². The van der Waals surface area contributed by atoms with E-state index in [4.69, 9.17) is 11.6 Å². The highest BCUT2D eigenvalue weighted by atomic mass is 35.5. The third-order valence-electron chi connectivity index (χ3n) is 2.79. The number of hydrogen-bond donors (Lipinski definition) is 2. The lowest BCUT2D eigenvalue weighted by Gasteiger charge is -2.27. The van der Waals surface area contributed by atoms with Crippen LogP contribution in [0.15, 0.2) is 11.4 Å². The van der Waals surface area contributed by atoms with Gasteiger partial charge in [0, 0.05) is 0 Å². The molecule has 1 rings (SSSR count). The van der Waals surface area contributed by atoms with Crippen LogP contribution in [0.2, 0.25) is 5.02 Å². The van der Waals surface area contributed by atoms with Crippen LogP contribution in [0.1, 0.15) is 36.4 Å². The monoisotopic (exact) mass is 275 g/mol. The van der Waals surface area contributed by atoms with Crippen molar-refractivity contribution in [3.05, 3.63) is 21.3 Å². The molecule has 0 aliphatic carbocycles. The number of thiophene rings is 1. The van der Waals surface area contributed by atoms with Crippen LogP contribution in [-0.2, 0) is 4.79 Å². The van der Waals surface area contributed by atoms with E-state index in [1.807, 2.05) is 0 Å². The summed E-state index contributed by atoms with van der Waals surface area (Å²) in [5.74, 6) is -1.46. The number of amides is 1. The quantitative estimate of drug-likeness (QED) is 0.868. The van der Waals surface area contributed by atoms with Gasteiger partial charge >= 0.3 is 5.97 Å². The number of nitrogens with one attached hydrogen (secondary N) is 1. The Morgan fingerprint density at radius 3 is 2.41 bits per heavy atom. The standard InChI is InChI=1S/C11H14ClNO3S/c1-3-11(4-2,10(15)16)13-9(14)8-7(12)5-6-17-8/h5-6H,3-4H2,1-2H3,(H,13,14)(H,15,16). The van der Waals surface area contributed by atoms with Gasteiger partial charge in [0.1, 0.15) is 10.4 Å². The van der Waals surface area contributed by atoms with Gasteiger partial charge in [-0.1, -0.05) is 25.4 Å². The fraction of sp³-hybridized carbons (Fsp3) is 0.455. The van der Waals surface area contributed by atoms with Crippen molar-refractivity contribution < 1.29 is 14.7 Å². The molecule has 0 unspecified atom stereocenters. The van der Waals surface area contributed by atoms with Crippen LogP contribution in [0.4, 0.5) is 0 Å².